The Labute approximate surface area is 213 Å². The molecule has 3 aromatic carbocycles. The fraction of sp³-hybridized carbons (Fsp3) is 0.300. The summed E-state index contributed by atoms with van der Waals surface area (Å²) in [5.41, 5.74) is 5.51. The van der Waals surface area contributed by atoms with Gasteiger partial charge in [-0.1, -0.05) is 24.3 Å². The minimum Gasteiger partial charge on any atom is -0.497 e. The van der Waals surface area contributed by atoms with Gasteiger partial charge in [0.15, 0.2) is 11.5 Å². The molecule has 0 aromatic heterocycles. The number of rotatable bonds is 8. The number of ether oxygens (including phenoxy) is 4. The van der Waals surface area contributed by atoms with Crippen molar-refractivity contribution in [3.05, 3.63) is 82.9 Å². The normalized spacial score (nSPS) is 14.6. The molecule has 1 aliphatic rings. The average molecular weight is 488 g/mol. The first-order valence-corrected chi connectivity index (χ1v) is 12.1. The third-order valence-electron chi connectivity index (χ3n) is 6.54. The van der Waals surface area contributed by atoms with E-state index in [1.807, 2.05) is 79.4 Å². The number of fused-ring (bicyclic) bond motifs is 1. The second kappa shape index (κ2) is 11.2. The van der Waals surface area contributed by atoms with Gasteiger partial charge in [-0.2, -0.15) is 0 Å². The van der Waals surface area contributed by atoms with Crippen LogP contribution in [-0.2, 0) is 17.8 Å². The highest BCUT2D eigenvalue weighted by molar-refractivity contribution is 6.27. The van der Waals surface area contributed by atoms with Crippen LogP contribution < -0.4 is 18.9 Å². The Morgan fingerprint density at radius 2 is 1.50 bits per heavy atom. The van der Waals surface area contributed by atoms with Crippen LogP contribution in [0.5, 0.6) is 23.0 Å². The molecule has 36 heavy (non-hydrogen) atoms. The number of hydrogen-bond acceptors (Lipinski definition) is 5. The zero-order valence-corrected chi connectivity index (χ0v) is 21.6. The van der Waals surface area contributed by atoms with Crippen molar-refractivity contribution in [1.82, 2.24) is 4.90 Å². The minimum atomic E-state index is -0.0110. The molecule has 0 N–H and O–H groups in total. The van der Waals surface area contributed by atoms with Crippen LogP contribution >= 0.6 is 0 Å². The van der Waals surface area contributed by atoms with Gasteiger partial charge in [-0.15, -0.1) is 0 Å². The molecular formula is C30H33NO5. The first-order valence-electron chi connectivity index (χ1n) is 12.1. The molecule has 188 valence electrons. The number of carbonyl (C=O) groups is 1. The highest BCUT2D eigenvalue weighted by Crippen LogP contribution is 2.39. The van der Waals surface area contributed by atoms with Gasteiger partial charge in [-0.05, 0) is 84.5 Å². The van der Waals surface area contributed by atoms with Gasteiger partial charge in [0.25, 0.3) is 5.91 Å². The molecule has 0 fully saturated rings. The number of amides is 1. The first-order chi connectivity index (χ1) is 17.5. The van der Waals surface area contributed by atoms with Crippen LogP contribution in [-0.4, -0.2) is 45.3 Å². The van der Waals surface area contributed by atoms with Crippen LogP contribution in [0.4, 0.5) is 0 Å². The van der Waals surface area contributed by atoms with Crippen molar-refractivity contribution in [2.75, 3.05) is 34.5 Å². The molecule has 1 heterocycles. The summed E-state index contributed by atoms with van der Waals surface area (Å²) in [7, 11) is 4.89. The predicted molar refractivity (Wildman–Crippen MR) is 142 cm³/mol. The van der Waals surface area contributed by atoms with Gasteiger partial charge < -0.3 is 23.8 Å². The van der Waals surface area contributed by atoms with Crippen molar-refractivity contribution < 1.29 is 23.7 Å². The van der Waals surface area contributed by atoms with E-state index in [0.29, 0.717) is 43.2 Å². The van der Waals surface area contributed by atoms with Crippen molar-refractivity contribution in [2.24, 2.45) is 0 Å². The number of carbonyl (C=O) groups excluding carboxylic acids is 1. The fourth-order valence-electron chi connectivity index (χ4n) is 4.57. The van der Waals surface area contributed by atoms with E-state index in [9.17, 15) is 4.79 Å². The maximum atomic E-state index is 14.1. The Bertz CT molecular complexity index is 1250. The maximum absolute atomic E-state index is 14.1. The third-order valence-corrected chi connectivity index (χ3v) is 6.54. The standard InChI is InChI=1S/C30H33NO5/c1-6-36-25-13-9-22(10-14-25)20(2)29-26-18-28(35-5)27(34-4)17-23(26)15-16-31(30(29)32)19-21-7-11-24(33-3)12-8-21/h7-14,17-18H,6,15-16,19H2,1-5H3/b29-20+. The zero-order valence-electron chi connectivity index (χ0n) is 21.6. The molecule has 6 nitrogen and oxygen atoms in total. The summed E-state index contributed by atoms with van der Waals surface area (Å²) in [6.07, 6.45) is 0.706. The lowest BCUT2D eigenvalue weighted by Gasteiger charge is -2.23. The molecule has 0 atom stereocenters. The molecule has 3 aromatic rings. The Balaban J connectivity index is 1.81. The molecular weight excluding hydrogens is 454 g/mol. The van der Waals surface area contributed by atoms with Crippen LogP contribution in [0.15, 0.2) is 60.7 Å². The summed E-state index contributed by atoms with van der Waals surface area (Å²) in [6.45, 7) is 5.66. The van der Waals surface area contributed by atoms with Gasteiger partial charge in [0, 0.05) is 13.1 Å². The number of nitrogens with zero attached hydrogens (tertiary/aromatic N) is 1. The lowest BCUT2D eigenvalue weighted by molar-refractivity contribution is -0.125. The summed E-state index contributed by atoms with van der Waals surface area (Å²) in [6, 6.07) is 19.6. The molecule has 1 aliphatic heterocycles. The lowest BCUT2D eigenvalue weighted by atomic mass is 9.91. The van der Waals surface area contributed by atoms with Gasteiger partial charge in [0.05, 0.1) is 33.5 Å². The molecule has 6 heteroatoms. The van der Waals surface area contributed by atoms with E-state index in [1.54, 1.807) is 21.3 Å². The monoisotopic (exact) mass is 487 g/mol. The minimum absolute atomic E-state index is 0.0110. The number of benzene rings is 3. The lowest BCUT2D eigenvalue weighted by Crippen LogP contribution is -2.31. The molecule has 0 unspecified atom stereocenters. The van der Waals surface area contributed by atoms with Crippen molar-refractivity contribution in [3.63, 3.8) is 0 Å². The molecule has 0 spiro atoms. The number of hydrogen-bond donors (Lipinski definition) is 0. The Morgan fingerprint density at radius 1 is 0.861 bits per heavy atom. The fourth-order valence-corrected chi connectivity index (χ4v) is 4.57. The Kier molecular flexibility index (Phi) is 7.84. The molecule has 0 radical (unpaired) electrons. The van der Waals surface area contributed by atoms with E-state index in [-0.39, 0.29) is 5.91 Å². The average Bonchev–Trinajstić information content (AvgIpc) is 3.04. The van der Waals surface area contributed by atoms with Crippen LogP contribution in [0.2, 0.25) is 0 Å². The molecule has 4 rings (SSSR count). The van der Waals surface area contributed by atoms with E-state index < -0.39 is 0 Å². The zero-order chi connectivity index (χ0) is 25.7. The summed E-state index contributed by atoms with van der Waals surface area (Å²) in [4.78, 5) is 16.0. The van der Waals surface area contributed by atoms with Crippen molar-refractivity contribution in [2.45, 2.75) is 26.8 Å². The smallest absolute Gasteiger partial charge is 0.255 e. The van der Waals surface area contributed by atoms with Gasteiger partial charge >= 0.3 is 0 Å². The highest BCUT2D eigenvalue weighted by atomic mass is 16.5. The van der Waals surface area contributed by atoms with E-state index in [0.717, 1.165) is 39.3 Å². The molecule has 0 saturated heterocycles. The molecule has 0 aliphatic carbocycles. The van der Waals surface area contributed by atoms with E-state index in [1.165, 1.54) is 0 Å². The van der Waals surface area contributed by atoms with Gasteiger partial charge in [0.2, 0.25) is 0 Å². The quantitative estimate of drug-likeness (QED) is 0.386. The summed E-state index contributed by atoms with van der Waals surface area (Å²) >= 11 is 0. The largest absolute Gasteiger partial charge is 0.497 e. The van der Waals surface area contributed by atoms with Gasteiger partial charge in [-0.25, -0.2) is 0 Å². The third kappa shape index (κ3) is 5.18. The van der Waals surface area contributed by atoms with Crippen LogP contribution in [0.3, 0.4) is 0 Å². The van der Waals surface area contributed by atoms with E-state index in [2.05, 4.69) is 0 Å². The summed E-state index contributed by atoms with van der Waals surface area (Å²) < 4.78 is 22.1. The van der Waals surface area contributed by atoms with E-state index >= 15 is 0 Å². The SMILES string of the molecule is CCOc1ccc(/C(C)=C2/C(=O)N(Cc3ccc(OC)cc3)CCc3cc(OC)c(OC)cc32)cc1. The first kappa shape index (κ1) is 25.2. The molecule has 1 amide bonds. The van der Waals surface area contributed by atoms with Crippen molar-refractivity contribution in [3.8, 4) is 23.0 Å². The Morgan fingerprint density at radius 3 is 2.11 bits per heavy atom. The second-order valence-corrected chi connectivity index (χ2v) is 8.65. The topological polar surface area (TPSA) is 57.2 Å². The number of methoxy groups -OCH3 is 3. The second-order valence-electron chi connectivity index (χ2n) is 8.65. The Hall–Kier alpha value is -3.93. The molecule has 0 bridgehead atoms. The predicted octanol–water partition coefficient (Wildman–Crippen LogP) is 5.63. The maximum Gasteiger partial charge on any atom is 0.255 e. The van der Waals surface area contributed by atoms with Crippen molar-refractivity contribution in [1.29, 1.82) is 0 Å². The number of allylic oxidation sites excluding steroid dienone is 1. The van der Waals surface area contributed by atoms with Crippen LogP contribution in [0.25, 0.3) is 11.1 Å². The summed E-state index contributed by atoms with van der Waals surface area (Å²) in [5, 5.41) is 0. The summed E-state index contributed by atoms with van der Waals surface area (Å²) in [5.74, 6) is 2.84. The van der Waals surface area contributed by atoms with Crippen LogP contribution in [0, 0.1) is 0 Å². The van der Waals surface area contributed by atoms with Crippen LogP contribution in [0.1, 0.15) is 36.1 Å². The highest BCUT2D eigenvalue weighted by Gasteiger charge is 2.29. The van der Waals surface area contributed by atoms with E-state index in [4.69, 9.17) is 18.9 Å². The van der Waals surface area contributed by atoms with Gasteiger partial charge in [0.1, 0.15) is 11.5 Å². The van der Waals surface area contributed by atoms with Gasteiger partial charge in [-0.3, -0.25) is 4.79 Å². The molecule has 0 saturated carbocycles. The van der Waals surface area contributed by atoms with Crippen molar-refractivity contribution >= 4 is 17.1 Å².